The van der Waals surface area contributed by atoms with Gasteiger partial charge in [0.25, 0.3) is 5.91 Å². The Kier molecular flexibility index (Phi) is 10.9. The van der Waals surface area contributed by atoms with E-state index in [1.165, 1.54) is 6.20 Å². The Bertz CT molecular complexity index is 2400. The van der Waals surface area contributed by atoms with Gasteiger partial charge in [-0.1, -0.05) is 36.0 Å². The quantitative estimate of drug-likeness (QED) is 0.101. The van der Waals surface area contributed by atoms with Gasteiger partial charge in [0, 0.05) is 68.8 Å². The van der Waals surface area contributed by atoms with Crippen molar-refractivity contribution in [3.8, 4) is 11.5 Å². The second-order valence-corrected chi connectivity index (χ2v) is 16.1. The molecule has 0 spiro atoms. The van der Waals surface area contributed by atoms with Crippen LogP contribution in [-0.4, -0.2) is 102 Å². The predicted octanol–water partition coefficient (Wildman–Crippen LogP) is 5.43. The van der Waals surface area contributed by atoms with Crippen LogP contribution in [0.1, 0.15) is 91.2 Å². The van der Waals surface area contributed by atoms with E-state index < -0.39 is 18.0 Å². The Hall–Kier alpha value is -5.94. The summed E-state index contributed by atoms with van der Waals surface area (Å²) < 4.78 is 7.31. The molecule has 3 N–H and O–H groups in total. The van der Waals surface area contributed by atoms with Crippen LogP contribution in [0, 0.1) is 0 Å². The largest absolute Gasteiger partial charge is 0.369 e. The van der Waals surface area contributed by atoms with Gasteiger partial charge in [0.15, 0.2) is 5.65 Å². The number of pyridine rings is 1. The maximum absolute atomic E-state index is 13.1. The summed E-state index contributed by atoms with van der Waals surface area (Å²) in [6, 6.07) is 8.36. The molecule has 1 aromatic carbocycles. The van der Waals surface area contributed by atoms with Gasteiger partial charge in [-0.05, 0) is 68.5 Å². The van der Waals surface area contributed by atoms with Crippen LogP contribution in [-0.2, 0) is 22.6 Å². The fraction of sp³-hybridized carbons (Fsp3) is 0.439. The number of amides is 5. The second-order valence-electron chi connectivity index (χ2n) is 15.7. The number of anilines is 3. The summed E-state index contributed by atoms with van der Waals surface area (Å²) in [6.45, 7) is 5.15. The second kappa shape index (κ2) is 16.7. The van der Waals surface area contributed by atoms with E-state index in [9.17, 15) is 19.2 Å². The molecule has 1 saturated carbocycles. The molecule has 5 amide bonds. The molecule has 59 heavy (non-hydrogen) atoms. The summed E-state index contributed by atoms with van der Waals surface area (Å²) >= 11 is 6.57. The fourth-order valence-corrected chi connectivity index (χ4v) is 8.67. The van der Waals surface area contributed by atoms with E-state index in [4.69, 9.17) is 16.1 Å². The number of hydrogen-bond donors (Lipinski definition) is 3. The number of halogens is 1. The van der Waals surface area contributed by atoms with Crippen LogP contribution in [0.15, 0.2) is 53.4 Å². The molecule has 2 saturated heterocycles. The lowest BCUT2D eigenvalue weighted by molar-refractivity contribution is -0.136. The number of urea groups is 1. The molecule has 0 bridgehead atoms. The normalized spacial score (nSPS) is 18.6. The van der Waals surface area contributed by atoms with Crippen molar-refractivity contribution in [2.45, 2.75) is 82.7 Å². The number of nitrogens with one attached hydrogen (secondary N) is 3. The number of aryl methyl sites for hydroxylation is 1. The molecular weight excluding hydrogens is 776 g/mol. The molecule has 306 valence electrons. The van der Waals surface area contributed by atoms with Crippen LogP contribution in [0.2, 0.25) is 5.02 Å². The molecule has 9 rings (SSSR count). The van der Waals surface area contributed by atoms with Crippen molar-refractivity contribution in [3.63, 3.8) is 0 Å². The third-order valence-electron chi connectivity index (χ3n) is 11.8. The third-order valence-corrected chi connectivity index (χ3v) is 12.1. The first-order valence-electron chi connectivity index (χ1n) is 20.4. The Morgan fingerprint density at radius 1 is 0.949 bits per heavy atom. The van der Waals surface area contributed by atoms with Crippen molar-refractivity contribution >= 4 is 58.1 Å². The number of imide groups is 1. The summed E-state index contributed by atoms with van der Waals surface area (Å²) in [6.07, 6.45) is 13.5. The summed E-state index contributed by atoms with van der Waals surface area (Å²) in [5.41, 5.74) is 5.75. The molecule has 0 radical (unpaired) electrons. The lowest BCUT2D eigenvalue weighted by Crippen LogP contribution is -2.52. The predicted molar refractivity (Wildman–Crippen MR) is 218 cm³/mol. The molecule has 3 aliphatic heterocycles. The Balaban J connectivity index is 0.686. The van der Waals surface area contributed by atoms with E-state index in [0.29, 0.717) is 59.7 Å². The number of carbonyl (C=O) groups excluding carboxylic acids is 4. The minimum Gasteiger partial charge on any atom is -0.369 e. The minimum absolute atomic E-state index is 0.147. The van der Waals surface area contributed by atoms with Crippen molar-refractivity contribution in [1.29, 1.82) is 0 Å². The molecule has 3 fully saturated rings. The van der Waals surface area contributed by atoms with Crippen molar-refractivity contribution < 1.29 is 23.7 Å². The van der Waals surface area contributed by atoms with E-state index in [1.807, 2.05) is 18.2 Å². The maximum atomic E-state index is 13.1. The third kappa shape index (κ3) is 8.21. The van der Waals surface area contributed by atoms with Gasteiger partial charge >= 0.3 is 6.03 Å². The van der Waals surface area contributed by atoms with Crippen LogP contribution in [0.3, 0.4) is 0 Å². The summed E-state index contributed by atoms with van der Waals surface area (Å²) in [5, 5.41) is 16.9. The zero-order valence-electron chi connectivity index (χ0n) is 32.5. The van der Waals surface area contributed by atoms with Crippen molar-refractivity contribution in [1.82, 2.24) is 44.8 Å². The number of nitrogens with zero attached hydrogens (tertiary/aromatic N) is 9. The molecular formula is C41H45ClN12O5. The Labute approximate surface area is 344 Å². The first-order chi connectivity index (χ1) is 28.8. The smallest absolute Gasteiger partial charge is 0.323 e. The van der Waals surface area contributed by atoms with Gasteiger partial charge in [-0.3, -0.25) is 24.6 Å². The van der Waals surface area contributed by atoms with Gasteiger partial charge < -0.3 is 25.0 Å². The summed E-state index contributed by atoms with van der Waals surface area (Å²) in [5.74, 6) is 0.319. The van der Waals surface area contributed by atoms with Crippen LogP contribution in [0.5, 0.6) is 0 Å². The molecule has 7 heterocycles. The standard InChI is InChI=1S/C41H45ClN12O5/c42-30-21-27(46-41(58)47-31-23-43-33-13-14-45-54(33)37(31)25-6-5-7-25)22-44-36(30)38-49-35(59-50-38)8-3-1-2-4-15-51-16-18-52(19-17-51)28-9-10-29-26(20-28)24-53(40(29)57)32-11-12-34(55)48-39(32)56/h9-10,13-14,20-23,25,32H,1-8,11-12,15-19,24H2,(H2,46,47,58)(H,48,55,56). The number of piperidine rings is 1. The zero-order chi connectivity index (χ0) is 40.5. The van der Waals surface area contributed by atoms with Gasteiger partial charge in [0.1, 0.15) is 11.7 Å². The number of rotatable bonds is 13. The van der Waals surface area contributed by atoms with Gasteiger partial charge in [-0.2, -0.15) is 10.1 Å². The van der Waals surface area contributed by atoms with Crippen LogP contribution in [0.25, 0.3) is 17.2 Å². The van der Waals surface area contributed by atoms with Gasteiger partial charge in [0.2, 0.25) is 23.5 Å². The van der Waals surface area contributed by atoms with Crippen molar-refractivity contribution in [2.75, 3.05) is 48.3 Å². The van der Waals surface area contributed by atoms with E-state index in [1.54, 1.807) is 27.9 Å². The Morgan fingerprint density at radius 2 is 1.80 bits per heavy atom. The zero-order valence-corrected chi connectivity index (χ0v) is 33.3. The molecule has 17 nitrogen and oxygen atoms in total. The van der Waals surface area contributed by atoms with E-state index in [0.717, 1.165) is 100 Å². The molecule has 18 heteroatoms. The lowest BCUT2D eigenvalue weighted by Gasteiger charge is -2.36. The number of fused-ring (bicyclic) bond motifs is 2. The first kappa shape index (κ1) is 38.6. The highest BCUT2D eigenvalue weighted by Crippen LogP contribution is 2.40. The maximum Gasteiger partial charge on any atom is 0.323 e. The molecule has 4 aromatic heterocycles. The van der Waals surface area contributed by atoms with E-state index in [2.05, 4.69) is 57.0 Å². The monoisotopic (exact) mass is 820 g/mol. The molecule has 4 aliphatic rings. The Morgan fingerprint density at radius 3 is 2.59 bits per heavy atom. The molecule has 5 aromatic rings. The fourth-order valence-electron chi connectivity index (χ4n) is 8.42. The number of benzene rings is 1. The van der Waals surface area contributed by atoms with Crippen LogP contribution >= 0.6 is 11.6 Å². The first-order valence-corrected chi connectivity index (χ1v) is 20.8. The number of unbranched alkanes of at least 4 members (excludes halogenated alkanes) is 3. The molecule has 1 atom stereocenters. The van der Waals surface area contributed by atoms with E-state index in [-0.39, 0.29) is 23.3 Å². The number of hydrogen-bond acceptors (Lipinski definition) is 12. The van der Waals surface area contributed by atoms with Crippen LogP contribution in [0.4, 0.5) is 21.9 Å². The summed E-state index contributed by atoms with van der Waals surface area (Å²) in [7, 11) is 0. The number of carbonyl (C=O) groups is 4. The van der Waals surface area contributed by atoms with Gasteiger partial charge in [-0.25, -0.2) is 19.3 Å². The van der Waals surface area contributed by atoms with Crippen molar-refractivity contribution in [2.24, 2.45) is 0 Å². The highest BCUT2D eigenvalue weighted by molar-refractivity contribution is 6.33. The van der Waals surface area contributed by atoms with E-state index >= 15 is 0 Å². The molecule has 1 aliphatic carbocycles. The number of piperazine rings is 1. The topological polar surface area (TPSA) is 196 Å². The average molecular weight is 821 g/mol. The van der Waals surface area contributed by atoms with Crippen LogP contribution < -0.4 is 20.9 Å². The highest BCUT2D eigenvalue weighted by Gasteiger charge is 2.39. The number of aromatic nitrogens is 6. The van der Waals surface area contributed by atoms with Gasteiger partial charge in [-0.15, -0.1) is 0 Å². The highest BCUT2D eigenvalue weighted by atomic mass is 35.5. The lowest BCUT2D eigenvalue weighted by atomic mass is 9.82. The minimum atomic E-state index is -0.606. The average Bonchev–Trinajstić information content (AvgIpc) is 3.96. The van der Waals surface area contributed by atoms with Gasteiger partial charge in [0.05, 0.1) is 40.7 Å². The molecule has 1 unspecified atom stereocenters. The van der Waals surface area contributed by atoms with Crippen molar-refractivity contribution in [3.05, 3.63) is 76.7 Å². The summed E-state index contributed by atoms with van der Waals surface area (Å²) in [4.78, 5) is 69.9. The SMILES string of the molecule is O=C1CCC(N2Cc3cc(N4CCN(CCCCCCc5nc(-c6ncc(NC(=O)Nc7cnc8ccnn8c7C7CCC7)cc6Cl)no5)CC4)ccc3C2=O)C(=O)N1.